The van der Waals surface area contributed by atoms with Gasteiger partial charge < -0.3 is 5.73 Å². The Hall–Kier alpha value is -2.26. The first-order valence-electron chi connectivity index (χ1n) is 6.73. The molecular formula is C17H16ClN3. The molecule has 0 aliphatic rings. The van der Waals surface area contributed by atoms with Crippen molar-refractivity contribution in [3.63, 3.8) is 0 Å². The Balaban J connectivity index is 2.07. The van der Waals surface area contributed by atoms with Crippen LogP contribution in [-0.4, -0.2) is 9.78 Å². The molecule has 0 amide bonds. The van der Waals surface area contributed by atoms with E-state index in [-0.39, 0.29) is 0 Å². The highest BCUT2D eigenvalue weighted by Crippen LogP contribution is 2.27. The van der Waals surface area contributed by atoms with Gasteiger partial charge in [-0.25, -0.2) is 4.68 Å². The summed E-state index contributed by atoms with van der Waals surface area (Å²) in [5, 5.41) is 5.31. The summed E-state index contributed by atoms with van der Waals surface area (Å²) >= 11 is 5.91. The molecule has 0 saturated carbocycles. The molecule has 2 aromatic carbocycles. The van der Waals surface area contributed by atoms with Crippen molar-refractivity contribution in [1.29, 1.82) is 0 Å². The van der Waals surface area contributed by atoms with Crippen molar-refractivity contribution < 1.29 is 0 Å². The lowest BCUT2D eigenvalue weighted by Crippen LogP contribution is -1.94. The van der Waals surface area contributed by atoms with Crippen molar-refractivity contribution in [2.45, 2.75) is 13.8 Å². The van der Waals surface area contributed by atoms with Gasteiger partial charge in [0.1, 0.15) is 5.69 Å². The Kier molecular flexibility index (Phi) is 3.43. The Bertz CT molecular complexity index is 768. The van der Waals surface area contributed by atoms with Crippen LogP contribution >= 0.6 is 11.6 Å². The van der Waals surface area contributed by atoms with E-state index in [4.69, 9.17) is 17.3 Å². The fourth-order valence-electron chi connectivity index (χ4n) is 2.45. The molecule has 2 N–H and O–H groups in total. The third-order valence-electron chi connectivity index (χ3n) is 3.33. The van der Waals surface area contributed by atoms with Crippen LogP contribution in [0.25, 0.3) is 16.9 Å². The predicted octanol–water partition coefficient (Wildman–Crippen LogP) is 4.39. The summed E-state index contributed by atoms with van der Waals surface area (Å²) in [5.41, 5.74) is 12.0. The second-order valence-corrected chi connectivity index (χ2v) is 5.67. The Morgan fingerprint density at radius 2 is 1.62 bits per heavy atom. The molecule has 0 fully saturated rings. The molecule has 3 nitrogen and oxygen atoms in total. The molecule has 0 unspecified atom stereocenters. The van der Waals surface area contributed by atoms with Crippen LogP contribution in [0.15, 0.2) is 48.7 Å². The highest BCUT2D eigenvalue weighted by atomic mass is 35.5. The zero-order valence-electron chi connectivity index (χ0n) is 12.0. The Morgan fingerprint density at radius 1 is 1.00 bits per heavy atom. The number of nitrogens with two attached hydrogens (primary N) is 1. The first-order valence-corrected chi connectivity index (χ1v) is 7.10. The fourth-order valence-corrected chi connectivity index (χ4v) is 2.58. The minimum Gasteiger partial charge on any atom is -0.396 e. The molecule has 0 aliphatic carbocycles. The van der Waals surface area contributed by atoms with Gasteiger partial charge in [-0.15, -0.1) is 0 Å². The second-order valence-electron chi connectivity index (χ2n) is 5.23. The van der Waals surface area contributed by atoms with Crippen LogP contribution in [0, 0.1) is 13.8 Å². The number of aromatic nitrogens is 2. The van der Waals surface area contributed by atoms with E-state index in [1.54, 1.807) is 4.68 Å². The SMILES string of the molecule is Cc1cc(C)cc(-c2nn(-c3ccc(Cl)cc3)cc2N)c1. The molecule has 0 atom stereocenters. The van der Waals surface area contributed by atoms with Gasteiger partial charge in [-0.1, -0.05) is 28.8 Å². The van der Waals surface area contributed by atoms with Crippen molar-refractivity contribution in [3.05, 3.63) is 64.8 Å². The third kappa shape index (κ3) is 2.78. The number of hydrogen-bond donors (Lipinski definition) is 1. The number of halogens is 1. The maximum Gasteiger partial charge on any atom is 0.116 e. The molecule has 0 bridgehead atoms. The number of hydrogen-bond acceptors (Lipinski definition) is 2. The van der Waals surface area contributed by atoms with E-state index in [9.17, 15) is 0 Å². The van der Waals surface area contributed by atoms with Crippen LogP contribution in [0.5, 0.6) is 0 Å². The quantitative estimate of drug-likeness (QED) is 0.762. The molecule has 4 heteroatoms. The molecule has 1 heterocycles. The molecule has 0 radical (unpaired) electrons. The highest BCUT2D eigenvalue weighted by molar-refractivity contribution is 6.30. The van der Waals surface area contributed by atoms with E-state index in [0.29, 0.717) is 10.7 Å². The number of rotatable bonds is 2. The Labute approximate surface area is 129 Å². The van der Waals surface area contributed by atoms with E-state index in [0.717, 1.165) is 16.9 Å². The van der Waals surface area contributed by atoms with Crippen LogP contribution in [0.3, 0.4) is 0 Å². The van der Waals surface area contributed by atoms with E-state index in [2.05, 4.69) is 37.1 Å². The summed E-state index contributed by atoms with van der Waals surface area (Å²) in [7, 11) is 0. The second kappa shape index (κ2) is 5.26. The lowest BCUT2D eigenvalue weighted by molar-refractivity contribution is 0.884. The average Bonchev–Trinajstić information content (AvgIpc) is 2.80. The molecule has 3 aromatic rings. The van der Waals surface area contributed by atoms with Gasteiger partial charge in [0.15, 0.2) is 0 Å². The standard InChI is InChI=1S/C17H16ClN3/c1-11-7-12(2)9-13(8-11)17-16(19)10-21(20-17)15-5-3-14(18)4-6-15/h3-10H,19H2,1-2H3. The van der Waals surface area contributed by atoms with Crippen LogP contribution in [-0.2, 0) is 0 Å². The first-order chi connectivity index (χ1) is 10.0. The summed E-state index contributed by atoms with van der Waals surface area (Å²) in [5.74, 6) is 0. The van der Waals surface area contributed by atoms with Crippen molar-refractivity contribution in [3.8, 4) is 16.9 Å². The summed E-state index contributed by atoms with van der Waals surface area (Å²) in [6.45, 7) is 4.14. The zero-order valence-corrected chi connectivity index (χ0v) is 12.7. The number of anilines is 1. The molecule has 0 spiro atoms. The van der Waals surface area contributed by atoms with Crippen LogP contribution in [0.2, 0.25) is 5.02 Å². The number of aryl methyl sites for hydroxylation is 2. The summed E-state index contributed by atoms with van der Waals surface area (Å²) < 4.78 is 1.78. The average molecular weight is 298 g/mol. The number of nitrogen functional groups attached to an aromatic ring is 1. The van der Waals surface area contributed by atoms with E-state index in [1.165, 1.54) is 11.1 Å². The van der Waals surface area contributed by atoms with E-state index in [1.807, 2.05) is 30.5 Å². The van der Waals surface area contributed by atoms with Gasteiger partial charge in [0.25, 0.3) is 0 Å². The Morgan fingerprint density at radius 3 is 2.24 bits per heavy atom. The van der Waals surface area contributed by atoms with Gasteiger partial charge in [-0.3, -0.25) is 0 Å². The largest absolute Gasteiger partial charge is 0.396 e. The highest BCUT2D eigenvalue weighted by Gasteiger charge is 2.10. The molecule has 1 aromatic heterocycles. The predicted molar refractivity (Wildman–Crippen MR) is 87.9 cm³/mol. The summed E-state index contributed by atoms with van der Waals surface area (Å²) in [6, 6.07) is 13.8. The molecule has 21 heavy (non-hydrogen) atoms. The number of benzene rings is 2. The van der Waals surface area contributed by atoms with Gasteiger partial charge in [0, 0.05) is 10.6 Å². The van der Waals surface area contributed by atoms with Crippen molar-refractivity contribution in [2.75, 3.05) is 5.73 Å². The summed E-state index contributed by atoms with van der Waals surface area (Å²) in [4.78, 5) is 0. The first kappa shape index (κ1) is 13.7. The minimum absolute atomic E-state index is 0.662. The van der Waals surface area contributed by atoms with Crippen molar-refractivity contribution in [1.82, 2.24) is 9.78 Å². The van der Waals surface area contributed by atoms with E-state index < -0.39 is 0 Å². The minimum atomic E-state index is 0.662. The van der Waals surface area contributed by atoms with Crippen molar-refractivity contribution >= 4 is 17.3 Å². The van der Waals surface area contributed by atoms with Crippen LogP contribution in [0.4, 0.5) is 5.69 Å². The smallest absolute Gasteiger partial charge is 0.116 e. The monoisotopic (exact) mass is 297 g/mol. The van der Waals surface area contributed by atoms with E-state index >= 15 is 0 Å². The molecular weight excluding hydrogens is 282 g/mol. The van der Waals surface area contributed by atoms with Gasteiger partial charge in [-0.05, 0) is 50.2 Å². The fraction of sp³-hybridized carbons (Fsp3) is 0.118. The normalized spacial score (nSPS) is 10.8. The topological polar surface area (TPSA) is 43.8 Å². The maximum atomic E-state index is 6.13. The lowest BCUT2D eigenvalue weighted by atomic mass is 10.0. The van der Waals surface area contributed by atoms with Crippen molar-refractivity contribution in [2.24, 2.45) is 0 Å². The van der Waals surface area contributed by atoms with Crippen LogP contribution in [0.1, 0.15) is 11.1 Å². The number of nitrogens with zero attached hydrogens (tertiary/aromatic N) is 2. The molecule has 3 rings (SSSR count). The third-order valence-corrected chi connectivity index (χ3v) is 3.58. The van der Waals surface area contributed by atoms with Gasteiger partial charge in [0.2, 0.25) is 0 Å². The lowest BCUT2D eigenvalue weighted by Gasteiger charge is -2.03. The maximum absolute atomic E-state index is 6.13. The zero-order chi connectivity index (χ0) is 15.0. The molecule has 0 saturated heterocycles. The van der Waals surface area contributed by atoms with Gasteiger partial charge in [-0.2, -0.15) is 5.10 Å². The molecule has 106 valence electrons. The summed E-state index contributed by atoms with van der Waals surface area (Å²) in [6.07, 6.45) is 1.83. The van der Waals surface area contributed by atoms with Gasteiger partial charge in [0.05, 0.1) is 17.6 Å². The molecule has 0 aliphatic heterocycles. The van der Waals surface area contributed by atoms with Gasteiger partial charge >= 0.3 is 0 Å². The van der Waals surface area contributed by atoms with Crippen LogP contribution < -0.4 is 5.73 Å².